The summed E-state index contributed by atoms with van der Waals surface area (Å²) < 4.78 is 30.9. The van der Waals surface area contributed by atoms with E-state index in [-0.39, 0.29) is 0 Å². The van der Waals surface area contributed by atoms with Crippen LogP contribution in [0.3, 0.4) is 0 Å². The first kappa shape index (κ1) is 15.7. The van der Waals surface area contributed by atoms with Gasteiger partial charge in [0.2, 0.25) is 0 Å². The Morgan fingerprint density at radius 2 is 2.05 bits per heavy atom. The maximum absolute atomic E-state index is 11.8. The number of carbonyl (C=O) groups is 1. The largest absolute Gasteiger partial charge is 0.368 e. The van der Waals surface area contributed by atoms with Crippen molar-refractivity contribution in [2.45, 2.75) is 25.9 Å². The van der Waals surface area contributed by atoms with Crippen molar-refractivity contribution in [2.24, 2.45) is 5.92 Å². The summed E-state index contributed by atoms with van der Waals surface area (Å²) in [5, 5.41) is 0.980. The lowest BCUT2D eigenvalue weighted by Crippen LogP contribution is -2.37. The van der Waals surface area contributed by atoms with Crippen LogP contribution in [0.4, 0.5) is 0 Å². The van der Waals surface area contributed by atoms with Crippen molar-refractivity contribution >= 4 is 22.0 Å². The molecule has 114 valence electrons. The molecule has 6 heteroatoms. The highest BCUT2D eigenvalue weighted by Crippen LogP contribution is 2.29. The molecule has 0 unspecified atom stereocenters. The molecule has 1 fully saturated rings. The Kier molecular flexibility index (Phi) is 5.14. The Labute approximate surface area is 125 Å². The second-order valence-electron chi connectivity index (χ2n) is 5.14. The van der Waals surface area contributed by atoms with E-state index in [4.69, 9.17) is 4.74 Å². The number of amides is 1. The molecular formula is C15H19NO4S. The van der Waals surface area contributed by atoms with E-state index in [9.17, 15) is 13.2 Å². The Morgan fingerprint density at radius 1 is 1.38 bits per heavy atom. The molecule has 1 aromatic carbocycles. The predicted molar refractivity (Wildman–Crippen MR) is 80.7 cm³/mol. The monoisotopic (exact) mass is 309 g/mol. The molecule has 0 aromatic heterocycles. The maximum atomic E-state index is 11.8. The van der Waals surface area contributed by atoms with E-state index in [2.05, 4.69) is 0 Å². The molecule has 1 aromatic rings. The lowest BCUT2D eigenvalue weighted by Gasteiger charge is -2.12. The average Bonchev–Trinajstić information content (AvgIpc) is 3.27. The summed E-state index contributed by atoms with van der Waals surface area (Å²) in [4.78, 5) is 11.8. The van der Waals surface area contributed by atoms with E-state index in [1.54, 1.807) is 31.2 Å². The summed E-state index contributed by atoms with van der Waals surface area (Å²) >= 11 is 0. The van der Waals surface area contributed by atoms with Crippen molar-refractivity contribution in [1.29, 1.82) is 0 Å². The molecule has 1 atom stereocenters. The number of nitrogens with one attached hydrogen (secondary N) is 1. The topological polar surface area (TPSA) is 72.5 Å². The van der Waals surface area contributed by atoms with Crippen LogP contribution in [0, 0.1) is 5.92 Å². The van der Waals surface area contributed by atoms with Crippen molar-refractivity contribution in [1.82, 2.24) is 4.72 Å². The van der Waals surface area contributed by atoms with Crippen molar-refractivity contribution in [3.05, 3.63) is 41.3 Å². The number of hydrogen-bond donors (Lipinski definition) is 1. The van der Waals surface area contributed by atoms with E-state index in [0.717, 1.165) is 23.8 Å². The van der Waals surface area contributed by atoms with Crippen molar-refractivity contribution in [3.63, 3.8) is 0 Å². The quantitative estimate of drug-likeness (QED) is 0.835. The van der Waals surface area contributed by atoms with Gasteiger partial charge < -0.3 is 4.74 Å². The molecule has 0 saturated heterocycles. The van der Waals surface area contributed by atoms with Gasteiger partial charge in [0, 0.05) is 0 Å². The van der Waals surface area contributed by atoms with Crippen LogP contribution >= 0.6 is 0 Å². The lowest BCUT2D eigenvalue weighted by atomic mass is 10.2. The molecule has 0 spiro atoms. The Hall–Kier alpha value is -1.66. The number of benzene rings is 1. The fourth-order valence-corrected chi connectivity index (χ4v) is 2.48. The van der Waals surface area contributed by atoms with Gasteiger partial charge in [-0.1, -0.05) is 30.3 Å². The van der Waals surface area contributed by atoms with Gasteiger partial charge in [0.15, 0.2) is 0 Å². The molecular weight excluding hydrogens is 290 g/mol. The van der Waals surface area contributed by atoms with E-state index in [0.29, 0.717) is 12.5 Å². The molecule has 1 aliphatic carbocycles. The number of hydrogen-bond acceptors (Lipinski definition) is 4. The van der Waals surface area contributed by atoms with Crippen LogP contribution in [-0.2, 0) is 19.6 Å². The van der Waals surface area contributed by atoms with Crippen molar-refractivity contribution in [2.75, 3.05) is 6.61 Å². The van der Waals surface area contributed by atoms with Crippen LogP contribution in [0.1, 0.15) is 25.3 Å². The number of carbonyl (C=O) groups excluding carboxylic acids is 1. The van der Waals surface area contributed by atoms with Crippen LogP contribution in [0.15, 0.2) is 35.7 Å². The third-order valence-corrected chi connectivity index (χ3v) is 4.11. The molecule has 1 saturated carbocycles. The van der Waals surface area contributed by atoms with Gasteiger partial charge in [-0.05, 0) is 37.3 Å². The number of rotatable bonds is 7. The average molecular weight is 309 g/mol. The zero-order chi connectivity index (χ0) is 15.3. The zero-order valence-corrected chi connectivity index (χ0v) is 12.7. The first-order chi connectivity index (χ1) is 9.96. The summed E-state index contributed by atoms with van der Waals surface area (Å²) in [5.74, 6) is -0.122. The van der Waals surface area contributed by atoms with Gasteiger partial charge in [-0.3, -0.25) is 4.79 Å². The van der Waals surface area contributed by atoms with E-state index in [1.807, 2.05) is 10.8 Å². The van der Waals surface area contributed by atoms with Gasteiger partial charge in [0.1, 0.15) is 6.10 Å². The minimum atomic E-state index is -3.81. The van der Waals surface area contributed by atoms with E-state index in [1.165, 1.54) is 6.08 Å². The highest BCUT2D eigenvalue weighted by atomic mass is 32.2. The minimum absolute atomic E-state index is 0.508. The van der Waals surface area contributed by atoms with Gasteiger partial charge in [0.25, 0.3) is 15.9 Å². The number of ether oxygens (including phenoxy) is 1. The first-order valence-electron chi connectivity index (χ1n) is 6.88. The van der Waals surface area contributed by atoms with Crippen molar-refractivity contribution < 1.29 is 17.9 Å². The van der Waals surface area contributed by atoms with E-state index < -0.39 is 22.0 Å². The summed E-state index contributed by atoms with van der Waals surface area (Å²) in [5.41, 5.74) is 0.744. The van der Waals surface area contributed by atoms with Gasteiger partial charge in [0.05, 0.1) is 12.0 Å². The molecule has 5 nitrogen and oxygen atoms in total. The third-order valence-electron chi connectivity index (χ3n) is 3.13. The fraction of sp³-hybridized carbons (Fsp3) is 0.400. The van der Waals surface area contributed by atoms with Crippen LogP contribution in [0.25, 0.3) is 6.08 Å². The molecule has 1 amide bonds. The molecule has 0 radical (unpaired) electrons. The summed E-state index contributed by atoms with van der Waals surface area (Å²) in [6.07, 6.45) is 2.90. The van der Waals surface area contributed by atoms with E-state index >= 15 is 0 Å². The Bertz CT molecular complexity index is 606. The van der Waals surface area contributed by atoms with Crippen LogP contribution in [-0.4, -0.2) is 27.0 Å². The van der Waals surface area contributed by atoms with Gasteiger partial charge >= 0.3 is 0 Å². The summed E-state index contributed by atoms with van der Waals surface area (Å²) in [6, 6.07) is 8.99. The highest BCUT2D eigenvalue weighted by molar-refractivity contribution is 7.93. The molecule has 2 rings (SSSR count). The maximum Gasteiger partial charge on any atom is 0.262 e. The Balaban J connectivity index is 1.87. The smallest absolute Gasteiger partial charge is 0.262 e. The molecule has 0 heterocycles. The van der Waals surface area contributed by atoms with Crippen LogP contribution in [0.2, 0.25) is 0 Å². The SMILES string of the molecule is C[C@H](OCC1CC1)C(=O)NS(=O)(=O)/C=C/c1ccccc1. The first-order valence-corrected chi connectivity index (χ1v) is 8.42. The highest BCUT2D eigenvalue weighted by Gasteiger charge is 2.25. The molecule has 1 aliphatic rings. The minimum Gasteiger partial charge on any atom is -0.368 e. The van der Waals surface area contributed by atoms with Crippen LogP contribution in [0.5, 0.6) is 0 Å². The predicted octanol–water partition coefficient (Wildman–Crippen LogP) is 1.92. The summed E-state index contributed by atoms with van der Waals surface area (Å²) in [7, 11) is -3.81. The zero-order valence-electron chi connectivity index (χ0n) is 11.9. The standard InChI is InChI=1S/C15H19NO4S/c1-12(20-11-14-7-8-14)15(17)16-21(18,19)10-9-13-5-3-2-4-6-13/h2-6,9-10,12,14H,7-8,11H2,1H3,(H,16,17)/b10-9+/t12-/m0/s1. The second kappa shape index (κ2) is 6.87. The lowest BCUT2D eigenvalue weighted by molar-refractivity contribution is -0.130. The van der Waals surface area contributed by atoms with Crippen molar-refractivity contribution in [3.8, 4) is 0 Å². The third kappa shape index (κ3) is 5.69. The van der Waals surface area contributed by atoms with Gasteiger partial charge in [-0.2, -0.15) is 0 Å². The Morgan fingerprint density at radius 3 is 2.67 bits per heavy atom. The second-order valence-corrected chi connectivity index (χ2v) is 6.71. The molecule has 21 heavy (non-hydrogen) atoms. The normalized spacial score (nSPS) is 16.8. The van der Waals surface area contributed by atoms with Gasteiger partial charge in [-0.15, -0.1) is 0 Å². The molecule has 0 bridgehead atoms. The number of sulfonamides is 1. The summed E-state index contributed by atoms with van der Waals surface area (Å²) in [6.45, 7) is 2.06. The van der Waals surface area contributed by atoms with Crippen LogP contribution < -0.4 is 4.72 Å². The fourth-order valence-electron chi connectivity index (χ4n) is 1.63. The molecule has 1 N–H and O–H groups in total. The molecule has 0 aliphatic heterocycles. The van der Waals surface area contributed by atoms with Gasteiger partial charge in [-0.25, -0.2) is 13.1 Å².